The Morgan fingerprint density at radius 3 is 2.88 bits per heavy atom. The molecule has 0 radical (unpaired) electrons. The lowest BCUT2D eigenvalue weighted by molar-refractivity contribution is -0.137. The van der Waals surface area contributed by atoms with Crippen molar-refractivity contribution < 1.29 is 9.90 Å². The molecule has 88 valence electrons. The monoisotopic (exact) mass is 249 g/mol. The maximum atomic E-state index is 10.9. The average molecular weight is 250 g/mol. The predicted molar refractivity (Wildman–Crippen MR) is 66.5 cm³/mol. The van der Waals surface area contributed by atoms with Crippen LogP contribution in [0, 0.1) is 0 Å². The summed E-state index contributed by atoms with van der Waals surface area (Å²) in [5.74, 6) is -0.731. The van der Waals surface area contributed by atoms with Gasteiger partial charge in [-0.25, -0.2) is 0 Å². The number of aromatic nitrogens is 1. The van der Waals surface area contributed by atoms with E-state index in [0.29, 0.717) is 5.02 Å². The molecule has 0 atom stereocenters. The molecule has 2 aromatic rings. The van der Waals surface area contributed by atoms with Gasteiger partial charge in [-0.1, -0.05) is 17.7 Å². The van der Waals surface area contributed by atoms with E-state index in [0.717, 1.165) is 29.3 Å². The van der Waals surface area contributed by atoms with Gasteiger partial charge in [-0.3, -0.25) is 4.79 Å². The topological polar surface area (TPSA) is 53.1 Å². The van der Waals surface area contributed by atoms with Crippen LogP contribution in [0.5, 0.6) is 0 Å². The summed E-state index contributed by atoms with van der Waals surface area (Å²) in [5, 5.41) is 10.8. The van der Waals surface area contributed by atoms with Gasteiger partial charge in [0.15, 0.2) is 0 Å². The van der Waals surface area contributed by atoms with Crippen molar-refractivity contribution in [3.8, 4) is 0 Å². The number of nitrogens with one attached hydrogen (secondary N) is 1. The lowest BCUT2D eigenvalue weighted by Gasteiger charge is -2.11. The molecule has 0 aliphatic heterocycles. The molecule has 3 rings (SSSR count). The molecule has 1 aliphatic rings. The number of hydrogen-bond acceptors (Lipinski definition) is 1. The van der Waals surface area contributed by atoms with Gasteiger partial charge in [0.1, 0.15) is 0 Å². The van der Waals surface area contributed by atoms with Crippen LogP contribution in [0.4, 0.5) is 0 Å². The van der Waals surface area contributed by atoms with Gasteiger partial charge >= 0.3 is 5.97 Å². The molecule has 1 fully saturated rings. The first-order chi connectivity index (χ1) is 8.11. The molecule has 1 heterocycles. The highest BCUT2D eigenvalue weighted by molar-refractivity contribution is 6.31. The number of hydrogen-bond donors (Lipinski definition) is 2. The number of benzene rings is 1. The van der Waals surface area contributed by atoms with Gasteiger partial charge in [0, 0.05) is 27.5 Å². The molecule has 4 heteroatoms. The molecular formula is C13H12ClNO2. The Bertz CT molecular complexity index is 598. The van der Waals surface area contributed by atoms with Crippen LogP contribution in [0.15, 0.2) is 24.4 Å². The Morgan fingerprint density at radius 2 is 2.24 bits per heavy atom. The van der Waals surface area contributed by atoms with Crippen molar-refractivity contribution in [2.24, 2.45) is 0 Å². The van der Waals surface area contributed by atoms with Gasteiger partial charge in [0.2, 0.25) is 0 Å². The fourth-order valence-corrected chi connectivity index (χ4v) is 2.69. The van der Waals surface area contributed by atoms with Crippen molar-refractivity contribution in [3.05, 3.63) is 35.0 Å². The fourth-order valence-electron chi connectivity index (χ4n) is 2.52. The van der Waals surface area contributed by atoms with E-state index in [2.05, 4.69) is 4.98 Å². The number of halogens is 1. The maximum Gasteiger partial charge on any atom is 0.304 e. The van der Waals surface area contributed by atoms with E-state index in [1.807, 2.05) is 24.4 Å². The lowest BCUT2D eigenvalue weighted by Crippen LogP contribution is -2.12. The third-order valence-corrected chi connectivity index (χ3v) is 3.79. The number of carbonyl (C=O) groups is 1. The van der Waals surface area contributed by atoms with Gasteiger partial charge in [-0.15, -0.1) is 0 Å². The van der Waals surface area contributed by atoms with E-state index in [1.54, 1.807) is 0 Å². The third-order valence-electron chi connectivity index (χ3n) is 3.56. The average Bonchev–Trinajstić information content (AvgIpc) is 2.90. The molecule has 0 spiro atoms. The number of fused-ring (bicyclic) bond motifs is 1. The van der Waals surface area contributed by atoms with Crippen molar-refractivity contribution in [3.63, 3.8) is 0 Å². The Morgan fingerprint density at radius 1 is 1.47 bits per heavy atom. The molecule has 17 heavy (non-hydrogen) atoms. The number of aliphatic carboxylic acids is 1. The minimum atomic E-state index is -0.731. The zero-order chi connectivity index (χ0) is 12.0. The minimum Gasteiger partial charge on any atom is -0.481 e. The molecule has 1 aliphatic carbocycles. The zero-order valence-electron chi connectivity index (χ0n) is 9.16. The van der Waals surface area contributed by atoms with Crippen LogP contribution in [0.2, 0.25) is 5.02 Å². The molecule has 0 unspecified atom stereocenters. The molecule has 1 saturated carbocycles. The highest BCUT2D eigenvalue weighted by atomic mass is 35.5. The third kappa shape index (κ3) is 1.71. The molecule has 1 aromatic heterocycles. The van der Waals surface area contributed by atoms with E-state index in [-0.39, 0.29) is 11.8 Å². The van der Waals surface area contributed by atoms with Gasteiger partial charge < -0.3 is 10.1 Å². The van der Waals surface area contributed by atoms with E-state index < -0.39 is 5.97 Å². The van der Waals surface area contributed by atoms with Gasteiger partial charge in [-0.05, 0) is 30.5 Å². The van der Waals surface area contributed by atoms with E-state index >= 15 is 0 Å². The first-order valence-corrected chi connectivity index (χ1v) is 5.97. The van der Waals surface area contributed by atoms with Crippen LogP contribution < -0.4 is 0 Å². The fraction of sp³-hybridized carbons (Fsp3) is 0.308. The smallest absolute Gasteiger partial charge is 0.304 e. The van der Waals surface area contributed by atoms with Crippen LogP contribution in [0.1, 0.15) is 24.8 Å². The standard InChI is InChI=1S/C13H12ClNO2/c14-8-1-2-9-10(7-15-11(9)5-8)13(3-4-13)6-12(16)17/h1-2,5,7,15H,3-4,6H2,(H,16,17). The van der Waals surface area contributed by atoms with Crippen molar-refractivity contribution >= 4 is 28.5 Å². The Kier molecular flexibility index (Phi) is 2.20. The number of rotatable bonds is 3. The summed E-state index contributed by atoms with van der Waals surface area (Å²) in [6, 6.07) is 5.68. The van der Waals surface area contributed by atoms with Gasteiger partial charge in [-0.2, -0.15) is 0 Å². The Balaban J connectivity index is 2.09. The second-order valence-electron chi connectivity index (χ2n) is 4.74. The lowest BCUT2D eigenvalue weighted by atomic mass is 9.92. The second kappa shape index (κ2) is 3.50. The first-order valence-electron chi connectivity index (χ1n) is 5.60. The second-order valence-corrected chi connectivity index (χ2v) is 5.18. The van der Waals surface area contributed by atoms with Crippen LogP contribution in [-0.4, -0.2) is 16.1 Å². The summed E-state index contributed by atoms with van der Waals surface area (Å²) >= 11 is 5.93. The predicted octanol–water partition coefficient (Wildman–Crippen LogP) is 3.33. The summed E-state index contributed by atoms with van der Waals surface area (Å²) in [7, 11) is 0. The van der Waals surface area contributed by atoms with Crippen molar-refractivity contribution in [1.29, 1.82) is 0 Å². The van der Waals surface area contributed by atoms with Crippen LogP contribution in [0.3, 0.4) is 0 Å². The summed E-state index contributed by atoms with van der Waals surface area (Å²) < 4.78 is 0. The largest absolute Gasteiger partial charge is 0.481 e. The number of aromatic amines is 1. The minimum absolute atomic E-state index is 0.155. The normalized spacial score (nSPS) is 17.2. The molecular weight excluding hydrogens is 238 g/mol. The van der Waals surface area contributed by atoms with Crippen molar-refractivity contribution in [2.75, 3.05) is 0 Å². The van der Waals surface area contributed by atoms with Crippen molar-refractivity contribution in [1.82, 2.24) is 4.98 Å². The maximum absolute atomic E-state index is 10.9. The number of carboxylic acids is 1. The SMILES string of the molecule is O=C(O)CC1(c2c[nH]c3cc(Cl)ccc23)CC1. The van der Waals surface area contributed by atoms with E-state index in [9.17, 15) is 4.79 Å². The first kappa shape index (κ1) is 10.7. The van der Waals surface area contributed by atoms with Gasteiger partial charge in [0.05, 0.1) is 6.42 Å². The summed E-state index contributed by atoms with van der Waals surface area (Å²) in [6.07, 6.45) is 4.04. The molecule has 2 N–H and O–H groups in total. The highest BCUT2D eigenvalue weighted by Gasteiger charge is 2.47. The van der Waals surface area contributed by atoms with Crippen LogP contribution >= 0.6 is 11.6 Å². The quantitative estimate of drug-likeness (QED) is 0.877. The Labute approximate surface area is 103 Å². The van der Waals surface area contributed by atoms with Crippen LogP contribution in [0.25, 0.3) is 10.9 Å². The van der Waals surface area contributed by atoms with E-state index in [1.165, 1.54) is 0 Å². The van der Waals surface area contributed by atoms with Gasteiger partial charge in [0.25, 0.3) is 0 Å². The molecule has 0 amide bonds. The Hall–Kier alpha value is -1.48. The number of carboxylic acid groups (broad SMARTS) is 1. The highest BCUT2D eigenvalue weighted by Crippen LogP contribution is 2.53. The molecule has 1 aromatic carbocycles. The summed E-state index contributed by atoms with van der Waals surface area (Å²) in [6.45, 7) is 0. The summed E-state index contributed by atoms with van der Waals surface area (Å²) in [5.41, 5.74) is 1.94. The molecule has 0 bridgehead atoms. The zero-order valence-corrected chi connectivity index (χ0v) is 9.92. The molecule has 3 nitrogen and oxygen atoms in total. The van der Waals surface area contributed by atoms with Crippen LogP contribution in [-0.2, 0) is 10.2 Å². The summed E-state index contributed by atoms with van der Waals surface area (Å²) in [4.78, 5) is 14.1. The number of H-pyrrole nitrogens is 1. The molecule has 0 saturated heterocycles. The van der Waals surface area contributed by atoms with E-state index in [4.69, 9.17) is 16.7 Å². The van der Waals surface area contributed by atoms with Crippen molar-refractivity contribution in [2.45, 2.75) is 24.7 Å².